The molecule has 2 heterocycles. The van der Waals surface area contributed by atoms with Gasteiger partial charge < -0.3 is 9.84 Å². The molecule has 1 aromatic heterocycles. The monoisotopic (exact) mass is 212 g/mol. The van der Waals surface area contributed by atoms with Gasteiger partial charge in [-0.25, -0.2) is 0 Å². The van der Waals surface area contributed by atoms with E-state index in [1.54, 1.807) is 11.3 Å². The minimum atomic E-state index is -0.707. The van der Waals surface area contributed by atoms with Crippen LogP contribution in [0.2, 0.25) is 0 Å². The molecular formula is C11H16O2S. The predicted octanol–water partition coefficient (Wildman–Crippen LogP) is 2.10. The zero-order valence-electron chi connectivity index (χ0n) is 8.83. The van der Waals surface area contributed by atoms with Crippen molar-refractivity contribution in [2.75, 3.05) is 13.2 Å². The second-order valence-corrected chi connectivity index (χ2v) is 5.48. The topological polar surface area (TPSA) is 29.5 Å². The summed E-state index contributed by atoms with van der Waals surface area (Å²) in [6.45, 7) is 7.11. The highest BCUT2D eigenvalue weighted by atomic mass is 32.1. The summed E-state index contributed by atoms with van der Waals surface area (Å²) >= 11 is 1.72. The van der Waals surface area contributed by atoms with Crippen LogP contribution in [0.1, 0.15) is 24.3 Å². The van der Waals surface area contributed by atoms with Gasteiger partial charge in [0.1, 0.15) is 0 Å². The number of hydrogen-bond donors (Lipinski definition) is 1. The normalized spacial score (nSPS) is 20.6. The molecule has 0 aliphatic carbocycles. The maximum Gasteiger partial charge on any atom is 0.0797 e. The van der Waals surface area contributed by atoms with E-state index in [1.807, 2.05) is 13.8 Å². The molecule has 1 aliphatic heterocycles. The lowest BCUT2D eigenvalue weighted by Crippen LogP contribution is -2.60. The summed E-state index contributed by atoms with van der Waals surface area (Å²) in [5, 5.41) is 12.3. The fraction of sp³-hybridized carbons (Fsp3) is 0.636. The fourth-order valence-electron chi connectivity index (χ4n) is 1.93. The molecule has 0 amide bonds. The molecule has 0 radical (unpaired) electrons. The van der Waals surface area contributed by atoms with Crippen molar-refractivity contribution in [3.05, 3.63) is 21.9 Å². The maximum absolute atomic E-state index is 10.2. The largest absolute Gasteiger partial charge is 0.389 e. The third-order valence-electron chi connectivity index (χ3n) is 3.16. The van der Waals surface area contributed by atoms with E-state index in [0.717, 1.165) is 0 Å². The van der Waals surface area contributed by atoms with Crippen molar-refractivity contribution < 1.29 is 9.84 Å². The van der Waals surface area contributed by atoms with Crippen molar-refractivity contribution in [2.24, 2.45) is 0 Å². The molecule has 2 rings (SSSR count). The molecule has 0 atom stereocenters. The Balaban J connectivity index is 2.44. The number of rotatable bonds is 2. The highest BCUT2D eigenvalue weighted by molar-refractivity contribution is 7.10. The zero-order valence-corrected chi connectivity index (χ0v) is 9.65. The molecule has 0 aromatic carbocycles. The molecule has 1 N–H and O–H groups in total. The van der Waals surface area contributed by atoms with E-state index in [0.29, 0.717) is 13.2 Å². The number of hydrogen-bond acceptors (Lipinski definition) is 3. The molecule has 3 heteroatoms. The molecule has 0 saturated carbocycles. The molecule has 1 aromatic rings. The summed E-state index contributed by atoms with van der Waals surface area (Å²) in [5.74, 6) is 0. The van der Waals surface area contributed by atoms with E-state index in [4.69, 9.17) is 4.74 Å². The highest BCUT2D eigenvalue weighted by Crippen LogP contribution is 2.45. The third-order valence-corrected chi connectivity index (χ3v) is 4.39. The van der Waals surface area contributed by atoms with E-state index >= 15 is 0 Å². The van der Waals surface area contributed by atoms with Gasteiger partial charge in [-0.3, -0.25) is 0 Å². The van der Waals surface area contributed by atoms with Crippen LogP contribution in [0.15, 0.2) is 11.4 Å². The second kappa shape index (κ2) is 3.05. The van der Waals surface area contributed by atoms with Crippen molar-refractivity contribution in [1.29, 1.82) is 0 Å². The predicted molar refractivity (Wildman–Crippen MR) is 57.9 cm³/mol. The molecule has 0 bridgehead atoms. The van der Waals surface area contributed by atoms with Crippen molar-refractivity contribution >= 4 is 11.3 Å². The summed E-state index contributed by atoms with van der Waals surface area (Å²) < 4.78 is 5.29. The maximum atomic E-state index is 10.2. The third kappa shape index (κ3) is 1.23. The molecule has 0 unspecified atom stereocenters. The standard InChI is InChI=1S/C11H16O2S/c1-8-4-5-14-9(8)11(6-13-7-11)10(2,3)12/h4-5,12H,6-7H2,1-3H3. The van der Waals surface area contributed by atoms with Crippen LogP contribution in [0.25, 0.3) is 0 Å². The van der Waals surface area contributed by atoms with Gasteiger partial charge in [0, 0.05) is 4.88 Å². The van der Waals surface area contributed by atoms with Crippen LogP contribution in [0, 0.1) is 6.92 Å². The zero-order chi connectivity index (χ0) is 10.4. The van der Waals surface area contributed by atoms with Gasteiger partial charge in [0.2, 0.25) is 0 Å². The van der Waals surface area contributed by atoms with E-state index in [2.05, 4.69) is 18.4 Å². The minimum absolute atomic E-state index is 0.175. The van der Waals surface area contributed by atoms with Crippen LogP contribution < -0.4 is 0 Å². The summed E-state index contributed by atoms with van der Waals surface area (Å²) in [7, 11) is 0. The number of ether oxygens (including phenoxy) is 1. The molecule has 78 valence electrons. The van der Waals surface area contributed by atoms with E-state index in [9.17, 15) is 5.11 Å². The van der Waals surface area contributed by atoms with Gasteiger partial charge in [-0.15, -0.1) is 11.3 Å². The van der Waals surface area contributed by atoms with Gasteiger partial charge in [-0.05, 0) is 37.8 Å². The van der Waals surface area contributed by atoms with Crippen LogP contribution in [0.5, 0.6) is 0 Å². The second-order valence-electron chi connectivity index (χ2n) is 4.57. The Morgan fingerprint density at radius 3 is 2.43 bits per heavy atom. The minimum Gasteiger partial charge on any atom is -0.389 e. The Morgan fingerprint density at radius 1 is 1.50 bits per heavy atom. The van der Waals surface area contributed by atoms with Crippen molar-refractivity contribution in [1.82, 2.24) is 0 Å². The Labute approximate surface area is 88.5 Å². The lowest BCUT2D eigenvalue weighted by Gasteiger charge is -2.49. The van der Waals surface area contributed by atoms with Crippen molar-refractivity contribution in [2.45, 2.75) is 31.8 Å². The Bertz CT molecular complexity index is 331. The molecule has 1 aliphatic rings. The smallest absolute Gasteiger partial charge is 0.0797 e. The first kappa shape index (κ1) is 10.1. The van der Waals surface area contributed by atoms with Gasteiger partial charge in [0.25, 0.3) is 0 Å². The van der Waals surface area contributed by atoms with Gasteiger partial charge in [0.15, 0.2) is 0 Å². The first-order valence-electron chi connectivity index (χ1n) is 4.82. The number of aryl methyl sites for hydroxylation is 1. The molecular weight excluding hydrogens is 196 g/mol. The average Bonchev–Trinajstić information content (AvgIpc) is 2.31. The van der Waals surface area contributed by atoms with Gasteiger partial charge in [-0.1, -0.05) is 0 Å². The summed E-state index contributed by atoms with van der Waals surface area (Å²) in [5.41, 5.74) is 0.381. The lowest BCUT2D eigenvalue weighted by atomic mass is 9.70. The van der Waals surface area contributed by atoms with Crippen LogP contribution >= 0.6 is 11.3 Å². The summed E-state index contributed by atoms with van der Waals surface area (Å²) in [6, 6.07) is 2.10. The summed E-state index contributed by atoms with van der Waals surface area (Å²) in [4.78, 5) is 1.27. The molecule has 2 nitrogen and oxygen atoms in total. The Hall–Kier alpha value is -0.380. The Morgan fingerprint density at radius 2 is 2.14 bits per heavy atom. The molecule has 14 heavy (non-hydrogen) atoms. The average molecular weight is 212 g/mol. The SMILES string of the molecule is Cc1ccsc1C1(C(C)(C)O)COC1. The van der Waals surface area contributed by atoms with Crippen LogP contribution in [-0.2, 0) is 10.2 Å². The van der Waals surface area contributed by atoms with Crippen molar-refractivity contribution in [3.8, 4) is 0 Å². The Kier molecular flexibility index (Phi) is 2.21. The van der Waals surface area contributed by atoms with Crippen LogP contribution in [0.3, 0.4) is 0 Å². The summed E-state index contributed by atoms with van der Waals surface area (Å²) in [6.07, 6.45) is 0. The molecule has 1 saturated heterocycles. The quantitative estimate of drug-likeness (QED) is 0.813. The van der Waals surface area contributed by atoms with Gasteiger partial charge >= 0.3 is 0 Å². The lowest BCUT2D eigenvalue weighted by molar-refractivity contribution is -0.156. The van der Waals surface area contributed by atoms with Gasteiger partial charge in [0.05, 0.1) is 24.2 Å². The van der Waals surface area contributed by atoms with Gasteiger partial charge in [-0.2, -0.15) is 0 Å². The van der Waals surface area contributed by atoms with E-state index < -0.39 is 5.60 Å². The highest BCUT2D eigenvalue weighted by Gasteiger charge is 2.52. The number of thiophene rings is 1. The van der Waals surface area contributed by atoms with Crippen LogP contribution in [0.4, 0.5) is 0 Å². The van der Waals surface area contributed by atoms with E-state index in [1.165, 1.54) is 10.4 Å². The van der Waals surface area contributed by atoms with Crippen molar-refractivity contribution in [3.63, 3.8) is 0 Å². The van der Waals surface area contributed by atoms with Crippen LogP contribution in [-0.4, -0.2) is 23.9 Å². The van der Waals surface area contributed by atoms with E-state index in [-0.39, 0.29) is 5.41 Å². The fourth-order valence-corrected chi connectivity index (χ4v) is 3.19. The molecule has 0 spiro atoms. The number of aliphatic hydroxyl groups is 1. The molecule has 1 fully saturated rings. The first-order valence-corrected chi connectivity index (χ1v) is 5.70. The first-order chi connectivity index (χ1) is 6.47.